The molecule has 0 aliphatic carbocycles. The molecule has 47 heavy (non-hydrogen) atoms. The summed E-state index contributed by atoms with van der Waals surface area (Å²) in [4.78, 5) is 11.0. The van der Waals surface area contributed by atoms with Gasteiger partial charge in [0.05, 0.1) is 22.8 Å². The highest BCUT2D eigenvalue weighted by Gasteiger charge is 2.17. The minimum absolute atomic E-state index is 0.844. The summed E-state index contributed by atoms with van der Waals surface area (Å²) in [5.41, 5.74) is 11.0. The Hall–Kier alpha value is -6.46. The molecule has 0 spiro atoms. The molecule has 220 valence electrons. The fourth-order valence-electron chi connectivity index (χ4n) is 6.56. The lowest BCUT2D eigenvalue weighted by Crippen LogP contribution is -1.98. The summed E-state index contributed by atoms with van der Waals surface area (Å²) in [5.74, 6) is 0. The third-order valence-corrected chi connectivity index (χ3v) is 8.73. The number of rotatable bonds is 5. The lowest BCUT2D eigenvalue weighted by atomic mass is 9.86. The van der Waals surface area contributed by atoms with Crippen LogP contribution in [-0.2, 0) is 0 Å². The minimum atomic E-state index is 0.844. The quantitative estimate of drug-likeness (QED) is 0.184. The summed E-state index contributed by atoms with van der Waals surface area (Å²) in [6.45, 7) is 0. The van der Waals surface area contributed by atoms with Gasteiger partial charge in [-0.15, -0.1) is 10.2 Å². The first kappa shape index (κ1) is 26.9. The van der Waals surface area contributed by atoms with Crippen LogP contribution in [0, 0.1) is 0 Å². The minimum Gasteiger partial charge on any atom is -0.255 e. The standard InChI is InChI=1S/C42H27N5/c1-2-11-29(12-3-1)41-32-13-4-6-15-34(32)42(35-16-7-5-14-33(35)41)30-22-25-39-40(27-30)46-47(45-39)31-23-20-28(21-24-31)36-18-10-19-38(44-36)37-17-8-9-26-43-37/h1-27H. The first-order valence-corrected chi connectivity index (χ1v) is 15.7. The molecular formula is C42H27N5. The first-order valence-electron chi connectivity index (χ1n) is 15.7. The van der Waals surface area contributed by atoms with E-state index in [1.54, 1.807) is 11.0 Å². The van der Waals surface area contributed by atoms with Crippen LogP contribution >= 0.6 is 0 Å². The zero-order valence-electron chi connectivity index (χ0n) is 25.3. The molecule has 0 unspecified atom stereocenters. The van der Waals surface area contributed by atoms with Crippen LogP contribution < -0.4 is 0 Å². The number of hydrogen-bond donors (Lipinski definition) is 0. The second-order valence-corrected chi connectivity index (χ2v) is 11.6. The lowest BCUT2D eigenvalue weighted by molar-refractivity contribution is 0.766. The molecular weight excluding hydrogens is 574 g/mol. The summed E-state index contributed by atoms with van der Waals surface area (Å²) in [6, 6.07) is 54.6. The van der Waals surface area contributed by atoms with Crippen molar-refractivity contribution in [1.29, 1.82) is 0 Å². The van der Waals surface area contributed by atoms with Gasteiger partial charge in [-0.3, -0.25) is 4.98 Å². The van der Waals surface area contributed by atoms with Crippen molar-refractivity contribution in [3.05, 3.63) is 164 Å². The monoisotopic (exact) mass is 601 g/mol. The largest absolute Gasteiger partial charge is 0.255 e. The molecule has 6 aromatic carbocycles. The molecule has 5 heteroatoms. The van der Waals surface area contributed by atoms with Crippen molar-refractivity contribution >= 4 is 32.6 Å². The van der Waals surface area contributed by atoms with Crippen LogP contribution in [0.4, 0.5) is 0 Å². The van der Waals surface area contributed by atoms with E-state index in [4.69, 9.17) is 15.2 Å². The van der Waals surface area contributed by atoms with E-state index in [2.05, 4.69) is 114 Å². The summed E-state index contributed by atoms with van der Waals surface area (Å²) >= 11 is 0. The molecule has 0 aliphatic heterocycles. The third-order valence-electron chi connectivity index (χ3n) is 8.73. The molecule has 0 saturated carbocycles. The number of hydrogen-bond acceptors (Lipinski definition) is 4. The van der Waals surface area contributed by atoms with Crippen LogP contribution in [0.5, 0.6) is 0 Å². The van der Waals surface area contributed by atoms with E-state index in [9.17, 15) is 0 Å². The summed E-state index contributed by atoms with van der Waals surface area (Å²) in [5, 5.41) is 14.7. The topological polar surface area (TPSA) is 56.5 Å². The number of pyridine rings is 2. The van der Waals surface area contributed by atoms with E-state index in [1.807, 2.05) is 48.5 Å². The van der Waals surface area contributed by atoms with Gasteiger partial charge in [0, 0.05) is 11.8 Å². The van der Waals surface area contributed by atoms with Crippen molar-refractivity contribution in [2.45, 2.75) is 0 Å². The van der Waals surface area contributed by atoms with E-state index < -0.39 is 0 Å². The van der Waals surface area contributed by atoms with Crippen molar-refractivity contribution < 1.29 is 0 Å². The molecule has 0 amide bonds. The van der Waals surface area contributed by atoms with Gasteiger partial charge in [0.15, 0.2) is 0 Å². The normalized spacial score (nSPS) is 11.4. The summed E-state index contributed by atoms with van der Waals surface area (Å²) in [7, 11) is 0. The fourth-order valence-corrected chi connectivity index (χ4v) is 6.56. The Morgan fingerprint density at radius 2 is 0.957 bits per heavy atom. The number of fused-ring (bicyclic) bond motifs is 3. The maximum absolute atomic E-state index is 4.93. The van der Waals surface area contributed by atoms with Gasteiger partial charge in [-0.05, 0) is 92.3 Å². The highest BCUT2D eigenvalue weighted by molar-refractivity contribution is 6.21. The van der Waals surface area contributed by atoms with E-state index in [0.29, 0.717) is 0 Å². The van der Waals surface area contributed by atoms with Gasteiger partial charge in [-0.1, -0.05) is 109 Å². The molecule has 9 rings (SSSR count). The summed E-state index contributed by atoms with van der Waals surface area (Å²) in [6.07, 6.45) is 1.79. The predicted molar refractivity (Wildman–Crippen MR) is 191 cm³/mol. The highest BCUT2D eigenvalue weighted by Crippen LogP contribution is 2.43. The Bertz CT molecular complexity index is 2500. The molecule has 0 aliphatic rings. The van der Waals surface area contributed by atoms with Crippen LogP contribution in [-0.4, -0.2) is 25.0 Å². The van der Waals surface area contributed by atoms with Crippen molar-refractivity contribution in [3.63, 3.8) is 0 Å². The van der Waals surface area contributed by atoms with Gasteiger partial charge in [-0.2, -0.15) is 4.80 Å². The Kier molecular flexibility index (Phi) is 6.39. The van der Waals surface area contributed by atoms with Gasteiger partial charge < -0.3 is 0 Å². The molecule has 0 bridgehead atoms. The smallest absolute Gasteiger partial charge is 0.114 e. The Morgan fingerprint density at radius 1 is 0.383 bits per heavy atom. The number of aromatic nitrogens is 5. The lowest BCUT2D eigenvalue weighted by Gasteiger charge is -2.17. The number of benzene rings is 6. The van der Waals surface area contributed by atoms with E-state index in [0.717, 1.165) is 44.9 Å². The highest BCUT2D eigenvalue weighted by atomic mass is 15.5. The maximum Gasteiger partial charge on any atom is 0.114 e. The second kappa shape index (κ2) is 11.2. The zero-order chi connectivity index (χ0) is 31.2. The summed E-state index contributed by atoms with van der Waals surface area (Å²) < 4.78 is 0. The van der Waals surface area contributed by atoms with E-state index in [1.165, 1.54) is 38.2 Å². The average molecular weight is 602 g/mol. The Morgan fingerprint density at radius 3 is 1.64 bits per heavy atom. The van der Waals surface area contributed by atoms with Gasteiger partial charge >= 0.3 is 0 Å². The molecule has 0 atom stereocenters. The Labute approximate surface area is 271 Å². The molecule has 0 saturated heterocycles. The zero-order valence-corrected chi connectivity index (χ0v) is 25.3. The molecule has 0 fully saturated rings. The van der Waals surface area contributed by atoms with E-state index >= 15 is 0 Å². The van der Waals surface area contributed by atoms with Crippen LogP contribution in [0.3, 0.4) is 0 Å². The fraction of sp³-hybridized carbons (Fsp3) is 0. The molecule has 9 aromatic rings. The van der Waals surface area contributed by atoms with E-state index in [-0.39, 0.29) is 0 Å². The average Bonchev–Trinajstić information content (AvgIpc) is 3.58. The van der Waals surface area contributed by atoms with Crippen LogP contribution in [0.25, 0.3) is 83.2 Å². The number of nitrogens with zero attached hydrogens (tertiary/aromatic N) is 5. The van der Waals surface area contributed by atoms with Gasteiger partial charge in [-0.25, -0.2) is 4.98 Å². The maximum atomic E-state index is 4.93. The van der Waals surface area contributed by atoms with Crippen molar-refractivity contribution in [3.8, 4) is 50.6 Å². The van der Waals surface area contributed by atoms with Gasteiger partial charge in [0.1, 0.15) is 11.0 Å². The predicted octanol–water partition coefficient (Wildman–Crippen LogP) is 10.2. The molecule has 0 radical (unpaired) electrons. The molecule has 0 N–H and O–H groups in total. The van der Waals surface area contributed by atoms with Gasteiger partial charge in [0.25, 0.3) is 0 Å². The first-order chi connectivity index (χ1) is 23.3. The molecule has 3 aromatic heterocycles. The van der Waals surface area contributed by atoms with Crippen LogP contribution in [0.2, 0.25) is 0 Å². The second-order valence-electron chi connectivity index (χ2n) is 11.6. The van der Waals surface area contributed by atoms with Crippen LogP contribution in [0.1, 0.15) is 0 Å². The van der Waals surface area contributed by atoms with Gasteiger partial charge in [0.2, 0.25) is 0 Å². The van der Waals surface area contributed by atoms with Crippen LogP contribution in [0.15, 0.2) is 164 Å². The van der Waals surface area contributed by atoms with Crippen molar-refractivity contribution in [2.24, 2.45) is 0 Å². The molecule has 5 nitrogen and oxygen atoms in total. The third kappa shape index (κ3) is 4.73. The SMILES string of the molecule is c1ccc(-c2c3ccccc3c(-c3ccc4nn(-c5ccc(-c6cccc(-c7ccccn7)n6)cc5)nc4c3)c3ccccc23)cc1. The van der Waals surface area contributed by atoms with Crippen molar-refractivity contribution in [2.75, 3.05) is 0 Å². The Balaban J connectivity index is 1.11. The van der Waals surface area contributed by atoms with Crippen molar-refractivity contribution in [1.82, 2.24) is 25.0 Å². The molecule has 3 heterocycles.